The average molecular weight is 344 g/mol. The van der Waals surface area contributed by atoms with Gasteiger partial charge in [0, 0.05) is 26.1 Å². The molecule has 0 N–H and O–H groups in total. The molecule has 0 saturated carbocycles. The molecule has 1 unspecified atom stereocenters. The molecule has 25 heavy (non-hydrogen) atoms. The van der Waals surface area contributed by atoms with E-state index in [9.17, 15) is 4.79 Å². The summed E-state index contributed by atoms with van der Waals surface area (Å²) < 4.78 is 7.26. The Kier molecular flexibility index (Phi) is 6.37. The van der Waals surface area contributed by atoms with Gasteiger partial charge in [-0.1, -0.05) is 0 Å². The second-order valence-electron chi connectivity index (χ2n) is 6.14. The Balaban J connectivity index is 2.07. The van der Waals surface area contributed by atoms with Crippen LogP contribution in [0.15, 0.2) is 0 Å². The van der Waals surface area contributed by atoms with E-state index in [0.717, 1.165) is 36.5 Å². The van der Waals surface area contributed by atoms with Gasteiger partial charge in [0.1, 0.15) is 13.1 Å². The minimum Gasteiger partial charge on any atom is -0.481 e. The summed E-state index contributed by atoms with van der Waals surface area (Å²) in [5.74, 6) is 0.597. The molecule has 2 rings (SSSR count). The molecule has 0 aliphatic carbocycles. The molecular formula is C17H24N6O2. The smallest absolute Gasteiger partial charge is 0.225 e. The molecule has 1 atom stereocenters. The van der Waals surface area contributed by atoms with Crippen LogP contribution in [0.4, 0.5) is 0 Å². The topological polar surface area (TPSA) is 98.2 Å². The fraction of sp³-hybridized carbons (Fsp3) is 0.647. The standard InChI is InChI=1S/C17H24N6O2/c1-13-16(17(25-3)21(2)20-13)14-5-4-9-22(14)10-6-15(24)23(11-7-18)12-8-19/h14H,4-6,9-12H2,1-3H3. The maximum Gasteiger partial charge on any atom is 0.225 e. The number of likely N-dealkylation sites (tertiary alicyclic amines) is 1. The van der Waals surface area contributed by atoms with Crippen LogP contribution in [0, 0.1) is 29.6 Å². The highest BCUT2D eigenvalue weighted by Crippen LogP contribution is 2.38. The molecule has 134 valence electrons. The lowest BCUT2D eigenvalue weighted by Gasteiger charge is -2.25. The Morgan fingerprint density at radius 1 is 1.40 bits per heavy atom. The van der Waals surface area contributed by atoms with Crippen LogP contribution in [-0.2, 0) is 11.8 Å². The van der Waals surface area contributed by atoms with Crippen molar-refractivity contribution in [2.24, 2.45) is 7.05 Å². The Hall–Kier alpha value is -2.58. The SMILES string of the molecule is COc1c(C2CCCN2CCC(=O)N(CC#N)CC#N)c(C)nn1C. The predicted molar refractivity (Wildman–Crippen MR) is 90.5 cm³/mol. The van der Waals surface area contributed by atoms with E-state index in [1.54, 1.807) is 11.8 Å². The lowest BCUT2D eigenvalue weighted by Crippen LogP contribution is -2.35. The van der Waals surface area contributed by atoms with Crippen molar-refractivity contribution in [1.82, 2.24) is 19.6 Å². The number of rotatable bonds is 7. The van der Waals surface area contributed by atoms with Crippen LogP contribution < -0.4 is 4.74 Å². The molecule has 8 nitrogen and oxygen atoms in total. The molecule has 1 fully saturated rings. The second kappa shape index (κ2) is 8.50. The van der Waals surface area contributed by atoms with E-state index < -0.39 is 0 Å². The minimum atomic E-state index is -0.163. The summed E-state index contributed by atoms with van der Waals surface area (Å²) in [7, 11) is 3.50. The molecule has 8 heteroatoms. The van der Waals surface area contributed by atoms with Gasteiger partial charge in [0.25, 0.3) is 0 Å². The highest BCUT2D eigenvalue weighted by molar-refractivity contribution is 5.76. The van der Waals surface area contributed by atoms with Gasteiger partial charge in [-0.2, -0.15) is 15.6 Å². The Bertz CT molecular complexity index is 683. The van der Waals surface area contributed by atoms with Gasteiger partial charge in [-0.05, 0) is 26.3 Å². The fourth-order valence-electron chi connectivity index (χ4n) is 3.50. The van der Waals surface area contributed by atoms with E-state index in [1.165, 1.54) is 4.90 Å². The van der Waals surface area contributed by atoms with Gasteiger partial charge < -0.3 is 9.64 Å². The van der Waals surface area contributed by atoms with Crippen molar-refractivity contribution in [3.05, 3.63) is 11.3 Å². The number of aryl methyl sites for hydroxylation is 2. The Labute approximate surface area is 148 Å². The van der Waals surface area contributed by atoms with Gasteiger partial charge in [-0.25, -0.2) is 4.68 Å². The third-order valence-corrected chi connectivity index (χ3v) is 4.59. The zero-order valence-electron chi connectivity index (χ0n) is 15.0. The number of ether oxygens (including phenoxy) is 1. The van der Waals surface area contributed by atoms with Crippen LogP contribution in [0.3, 0.4) is 0 Å². The number of amides is 1. The van der Waals surface area contributed by atoms with Crippen LogP contribution in [-0.4, -0.2) is 58.8 Å². The molecule has 1 aliphatic rings. The second-order valence-corrected chi connectivity index (χ2v) is 6.14. The normalized spacial score (nSPS) is 17.1. The van der Waals surface area contributed by atoms with Crippen molar-refractivity contribution in [3.8, 4) is 18.0 Å². The van der Waals surface area contributed by atoms with E-state index >= 15 is 0 Å². The van der Waals surface area contributed by atoms with Crippen molar-refractivity contribution in [2.45, 2.75) is 32.2 Å². The quantitative estimate of drug-likeness (QED) is 0.688. The van der Waals surface area contributed by atoms with Gasteiger partial charge in [-0.15, -0.1) is 0 Å². The lowest BCUT2D eigenvalue weighted by atomic mass is 10.0. The molecule has 1 aromatic rings. The maximum atomic E-state index is 12.3. The molecule has 2 heterocycles. The predicted octanol–water partition coefficient (Wildman–Crippen LogP) is 1.14. The van der Waals surface area contributed by atoms with Crippen molar-refractivity contribution >= 4 is 5.91 Å². The van der Waals surface area contributed by atoms with Crippen molar-refractivity contribution in [3.63, 3.8) is 0 Å². The first-order chi connectivity index (χ1) is 12.0. The summed E-state index contributed by atoms with van der Waals surface area (Å²) in [4.78, 5) is 15.8. The van der Waals surface area contributed by atoms with Gasteiger partial charge in [0.2, 0.25) is 11.8 Å². The summed E-state index contributed by atoms with van der Waals surface area (Å²) in [5, 5.41) is 22.0. The van der Waals surface area contributed by atoms with Gasteiger partial charge in [-0.3, -0.25) is 9.69 Å². The first-order valence-corrected chi connectivity index (χ1v) is 8.36. The van der Waals surface area contributed by atoms with Gasteiger partial charge in [0.15, 0.2) is 0 Å². The first-order valence-electron chi connectivity index (χ1n) is 8.36. The Morgan fingerprint density at radius 3 is 2.68 bits per heavy atom. The van der Waals surface area contributed by atoms with Crippen LogP contribution in [0.5, 0.6) is 5.88 Å². The highest BCUT2D eigenvalue weighted by Gasteiger charge is 2.32. The van der Waals surface area contributed by atoms with Crippen molar-refractivity contribution in [1.29, 1.82) is 10.5 Å². The summed E-state index contributed by atoms with van der Waals surface area (Å²) >= 11 is 0. The molecule has 0 aromatic carbocycles. The maximum absolute atomic E-state index is 12.3. The molecule has 0 spiro atoms. The third kappa shape index (κ3) is 4.09. The lowest BCUT2D eigenvalue weighted by molar-refractivity contribution is -0.130. The molecular weight excluding hydrogens is 320 g/mol. The molecule has 0 radical (unpaired) electrons. The van der Waals surface area contributed by atoms with Gasteiger partial charge in [0.05, 0.1) is 30.5 Å². The average Bonchev–Trinajstić information content (AvgIpc) is 3.15. The molecule has 0 bridgehead atoms. The number of methoxy groups -OCH3 is 1. The Morgan fingerprint density at radius 2 is 2.08 bits per heavy atom. The number of hydrogen-bond donors (Lipinski definition) is 0. The molecule has 1 saturated heterocycles. The number of nitrogens with zero attached hydrogens (tertiary/aromatic N) is 6. The summed E-state index contributed by atoms with van der Waals surface area (Å²) in [6.45, 7) is 3.37. The van der Waals surface area contributed by atoms with Crippen LogP contribution in [0.25, 0.3) is 0 Å². The highest BCUT2D eigenvalue weighted by atomic mass is 16.5. The minimum absolute atomic E-state index is 0.0502. The van der Waals surface area contributed by atoms with E-state index in [2.05, 4.69) is 10.00 Å². The molecule has 1 aliphatic heterocycles. The van der Waals surface area contributed by atoms with Crippen LogP contribution in [0.2, 0.25) is 0 Å². The van der Waals surface area contributed by atoms with Gasteiger partial charge >= 0.3 is 0 Å². The number of nitriles is 2. The number of carbonyl (C=O) groups excluding carboxylic acids is 1. The fourth-order valence-corrected chi connectivity index (χ4v) is 3.50. The van der Waals surface area contributed by atoms with E-state index in [4.69, 9.17) is 15.3 Å². The summed E-state index contributed by atoms with van der Waals surface area (Å²) in [6, 6.07) is 4.05. The van der Waals surface area contributed by atoms with Crippen molar-refractivity contribution < 1.29 is 9.53 Å². The molecule has 1 aromatic heterocycles. The first kappa shape index (κ1) is 18.8. The largest absolute Gasteiger partial charge is 0.481 e. The zero-order chi connectivity index (χ0) is 18.4. The van der Waals surface area contributed by atoms with E-state index in [0.29, 0.717) is 13.0 Å². The zero-order valence-corrected chi connectivity index (χ0v) is 15.0. The summed E-state index contributed by atoms with van der Waals surface area (Å²) in [5.41, 5.74) is 2.03. The summed E-state index contributed by atoms with van der Waals surface area (Å²) in [6.07, 6.45) is 2.34. The number of carbonyl (C=O) groups is 1. The monoisotopic (exact) mass is 344 g/mol. The molecule has 1 amide bonds. The van der Waals surface area contributed by atoms with E-state index in [-0.39, 0.29) is 25.0 Å². The number of aromatic nitrogens is 2. The van der Waals surface area contributed by atoms with Crippen LogP contribution in [0.1, 0.15) is 36.6 Å². The van der Waals surface area contributed by atoms with Crippen LogP contribution >= 0.6 is 0 Å². The van der Waals surface area contributed by atoms with Crippen molar-refractivity contribution in [2.75, 3.05) is 33.3 Å². The third-order valence-electron chi connectivity index (χ3n) is 4.59. The van der Waals surface area contributed by atoms with E-state index in [1.807, 2.05) is 26.1 Å². The number of hydrogen-bond acceptors (Lipinski definition) is 6.